The van der Waals surface area contributed by atoms with Crippen molar-refractivity contribution in [1.82, 2.24) is 15.5 Å². The molecule has 5 nitrogen and oxygen atoms in total. The van der Waals surface area contributed by atoms with Gasteiger partial charge in [-0.1, -0.05) is 48.0 Å². The molecule has 126 valence electrons. The number of hydrogen-bond donors (Lipinski definition) is 2. The quantitative estimate of drug-likeness (QED) is 0.769. The second-order valence-electron chi connectivity index (χ2n) is 6.63. The Labute approximate surface area is 146 Å². The summed E-state index contributed by atoms with van der Waals surface area (Å²) >= 11 is 0. The van der Waals surface area contributed by atoms with Crippen LogP contribution in [0.4, 0.5) is 5.69 Å². The van der Waals surface area contributed by atoms with E-state index in [1.165, 1.54) is 5.56 Å². The average molecular weight is 332 g/mol. The summed E-state index contributed by atoms with van der Waals surface area (Å²) in [6, 6.07) is 14.3. The van der Waals surface area contributed by atoms with Gasteiger partial charge in [0.1, 0.15) is 5.52 Å². The Bertz CT molecular complexity index is 963. The van der Waals surface area contributed by atoms with E-state index in [1.54, 1.807) is 0 Å². The van der Waals surface area contributed by atoms with E-state index in [-0.39, 0.29) is 17.6 Å². The molecule has 0 unspecified atom stereocenters. The standard InChI is InChI=1S/C20H20N4O/c1-12-5-2-6-13(11-12)15-9-4-10-16-17(21)19(24-23-18(15)16)20(25)22-14-7-3-8-14/h2,4-6,9-11,14H,3,7-8H2,1H3,(H2,21,23)(H,22,25). The molecule has 0 spiro atoms. The number of hydrogen-bond acceptors (Lipinski definition) is 4. The van der Waals surface area contributed by atoms with Crippen molar-refractivity contribution in [3.63, 3.8) is 0 Å². The third kappa shape index (κ3) is 2.82. The Morgan fingerprint density at radius 2 is 1.96 bits per heavy atom. The lowest BCUT2D eigenvalue weighted by molar-refractivity contribution is 0.0912. The molecule has 0 radical (unpaired) electrons. The minimum atomic E-state index is -0.238. The van der Waals surface area contributed by atoms with Crippen molar-refractivity contribution >= 4 is 22.5 Å². The van der Waals surface area contributed by atoms with Crippen LogP contribution in [0.1, 0.15) is 35.3 Å². The van der Waals surface area contributed by atoms with Crippen LogP contribution in [0, 0.1) is 6.92 Å². The maximum atomic E-state index is 12.4. The zero-order valence-electron chi connectivity index (χ0n) is 14.1. The molecule has 0 saturated heterocycles. The first-order valence-corrected chi connectivity index (χ1v) is 8.56. The summed E-state index contributed by atoms with van der Waals surface area (Å²) < 4.78 is 0. The van der Waals surface area contributed by atoms with Crippen molar-refractivity contribution in [2.24, 2.45) is 0 Å². The number of carbonyl (C=O) groups excluding carboxylic acids is 1. The molecular formula is C20H20N4O. The fourth-order valence-corrected chi connectivity index (χ4v) is 3.17. The summed E-state index contributed by atoms with van der Waals surface area (Å²) in [4.78, 5) is 12.4. The summed E-state index contributed by atoms with van der Waals surface area (Å²) in [5, 5.41) is 12.2. The first-order chi connectivity index (χ1) is 12.1. The van der Waals surface area contributed by atoms with Crippen molar-refractivity contribution in [2.45, 2.75) is 32.2 Å². The van der Waals surface area contributed by atoms with E-state index in [0.717, 1.165) is 35.8 Å². The second kappa shape index (κ2) is 6.16. The molecule has 2 aromatic carbocycles. The van der Waals surface area contributed by atoms with E-state index in [0.29, 0.717) is 11.2 Å². The van der Waals surface area contributed by atoms with Crippen LogP contribution >= 0.6 is 0 Å². The lowest BCUT2D eigenvalue weighted by Gasteiger charge is -2.26. The molecule has 0 aliphatic heterocycles. The fraction of sp³-hybridized carbons (Fsp3) is 0.250. The van der Waals surface area contributed by atoms with Gasteiger partial charge in [0.15, 0.2) is 5.69 Å². The largest absolute Gasteiger partial charge is 0.396 e. The smallest absolute Gasteiger partial charge is 0.274 e. The Hall–Kier alpha value is -2.95. The van der Waals surface area contributed by atoms with Gasteiger partial charge in [0, 0.05) is 17.0 Å². The number of amides is 1. The number of nitrogen functional groups attached to an aromatic ring is 1. The lowest BCUT2D eigenvalue weighted by atomic mass is 9.93. The molecule has 1 aliphatic rings. The summed E-state index contributed by atoms with van der Waals surface area (Å²) in [6.45, 7) is 2.05. The number of anilines is 1. The second-order valence-corrected chi connectivity index (χ2v) is 6.63. The minimum absolute atomic E-state index is 0.209. The molecule has 0 atom stereocenters. The van der Waals surface area contributed by atoms with Crippen LogP contribution in [0.3, 0.4) is 0 Å². The van der Waals surface area contributed by atoms with Gasteiger partial charge < -0.3 is 11.1 Å². The number of benzene rings is 2. The number of carbonyl (C=O) groups is 1. The molecule has 1 aromatic heterocycles. The lowest BCUT2D eigenvalue weighted by Crippen LogP contribution is -2.40. The van der Waals surface area contributed by atoms with Crippen molar-refractivity contribution in [1.29, 1.82) is 0 Å². The Kier molecular flexibility index (Phi) is 3.84. The van der Waals surface area contributed by atoms with Crippen LogP contribution < -0.4 is 11.1 Å². The van der Waals surface area contributed by atoms with Gasteiger partial charge in [0.2, 0.25) is 0 Å². The number of aromatic nitrogens is 2. The predicted molar refractivity (Wildman–Crippen MR) is 99.2 cm³/mol. The Morgan fingerprint density at radius 3 is 2.68 bits per heavy atom. The number of rotatable bonds is 3. The summed E-state index contributed by atoms with van der Waals surface area (Å²) in [6.07, 6.45) is 3.19. The molecule has 25 heavy (non-hydrogen) atoms. The van der Waals surface area contributed by atoms with E-state index in [2.05, 4.69) is 34.6 Å². The summed E-state index contributed by atoms with van der Waals surface area (Å²) in [7, 11) is 0. The molecule has 3 N–H and O–H groups in total. The van der Waals surface area contributed by atoms with Crippen LogP contribution in [-0.4, -0.2) is 22.1 Å². The van der Waals surface area contributed by atoms with Crippen LogP contribution in [0.2, 0.25) is 0 Å². The molecule has 1 saturated carbocycles. The van der Waals surface area contributed by atoms with E-state index < -0.39 is 0 Å². The normalized spacial score (nSPS) is 14.3. The highest BCUT2D eigenvalue weighted by Crippen LogP contribution is 2.31. The monoisotopic (exact) mass is 332 g/mol. The Morgan fingerprint density at radius 1 is 1.16 bits per heavy atom. The fourth-order valence-electron chi connectivity index (χ4n) is 3.17. The number of fused-ring (bicyclic) bond motifs is 1. The molecular weight excluding hydrogens is 312 g/mol. The van der Waals surface area contributed by atoms with Gasteiger partial charge in [-0.15, -0.1) is 10.2 Å². The van der Waals surface area contributed by atoms with Crippen molar-refractivity contribution < 1.29 is 4.79 Å². The van der Waals surface area contributed by atoms with Crippen LogP contribution in [-0.2, 0) is 0 Å². The van der Waals surface area contributed by atoms with Crippen LogP contribution in [0.25, 0.3) is 22.0 Å². The zero-order valence-corrected chi connectivity index (χ0v) is 14.1. The van der Waals surface area contributed by atoms with Crippen LogP contribution in [0.5, 0.6) is 0 Å². The highest BCUT2D eigenvalue weighted by molar-refractivity contribution is 6.07. The van der Waals surface area contributed by atoms with Gasteiger partial charge in [0.05, 0.1) is 5.69 Å². The first kappa shape index (κ1) is 15.6. The molecule has 3 aromatic rings. The van der Waals surface area contributed by atoms with E-state index in [4.69, 9.17) is 5.73 Å². The third-order valence-corrected chi connectivity index (χ3v) is 4.82. The molecule has 1 heterocycles. The minimum Gasteiger partial charge on any atom is -0.396 e. The molecule has 0 bridgehead atoms. The van der Waals surface area contributed by atoms with Gasteiger partial charge in [-0.3, -0.25) is 4.79 Å². The third-order valence-electron chi connectivity index (χ3n) is 4.82. The SMILES string of the molecule is Cc1cccc(-c2cccc3c(N)c(C(=O)NC4CCC4)nnc23)c1. The van der Waals surface area contributed by atoms with Crippen molar-refractivity contribution in [3.8, 4) is 11.1 Å². The number of nitrogens with two attached hydrogens (primary N) is 1. The van der Waals surface area contributed by atoms with Gasteiger partial charge >= 0.3 is 0 Å². The highest BCUT2D eigenvalue weighted by atomic mass is 16.2. The molecule has 1 amide bonds. The number of nitrogens with zero attached hydrogens (tertiary/aromatic N) is 2. The van der Waals surface area contributed by atoms with E-state index in [9.17, 15) is 4.79 Å². The van der Waals surface area contributed by atoms with Crippen molar-refractivity contribution in [3.05, 3.63) is 53.7 Å². The Balaban J connectivity index is 1.78. The van der Waals surface area contributed by atoms with Gasteiger partial charge in [-0.25, -0.2) is 0 Å². The topological polar surface area (TPSA) is 80.9 Å². The average Bonchev–Trinajstić information content (AvgIpc) is 2.58. The maximum absolute atomic E-state index is 12.4. The van der Waals surface area contributed by atoms with E-state index >= 15 is 0 Å². The van der Waals surface area contributed by atoms with Crippen molar-refractivity contribution in [2.75, 3.05) is 5.73 Å². The highest BCUT2D eigenvalue weighted by Gasteiger charge is 2.23. The maximum Gasteiger partial charge on any atom is 0.274 e. The molecule has 5 heteroatoms. The number of aryl methyl sites for hydroxylation is 1. The number of nitrogens with one attached hydrogen (secondary N) is 1. The summed E-state index contributed by atoms with van der Waals surface area (Å²) in [5.41, 5.74) is 10.8. The predicted octanol–water partition coefficient (Wildman–Crippen LogP) is 3.47. The molecule has 1 aliphatic carbocycles. The van der Waals surface area contributed by atoms with Gasteiger partial charge in [0.25, 0.3) is 5.91 Å². The first-order valence-electron chi connectivity index (χ1n) is 8.56. The van der Waals surface area contributed by atoms with Gasteiger partial charge in [-0.05, 0) is 31.7 Å². The molecule has 1 fully saturated rings. The summed E-state index contributed by atoms with van der Waals surface area (Å²) in [5.74, 6) is -0.238. The zero-order chi connectivity index (χ0) is 17.4. The van der Waals surface area contributed by atoms with Gasteiger partial charge in [-0.2, -0.15) is 0 Å². The van der Waals surface area contributed by atoms with Crippen LogP contribution in [0.15, 0.2) is 42.5 Å². The molecule has 4 rings (SSSR count). The van der Waals surface area contributed by atoms with E-state index in [1.807, 2.05) is 30.3 Å².